The molecule has 4 aliphatic rings. The molecule has 4 unspecified atom stereocenters. The van der Waals surface area contributed by atoms with Crippen molar-refractivity contribution in [3.63, 3.8) is 0 Å². The van der Waals surface area contributed by atoms with Gasteiger partial charge in [-0.2, -0.15) is 0 Å². The summed E-state index contributed by atoms with van der Waals surface area (Å²) in [4.78, 5) is 59.1. The lowest BCUT2D eigenvalue weighted by atomic mass is 9.69. The summed E-state index contributed by atoms with van der Waals surface area (Å²) in [5.41, 5.74) is 2.02. The zero-order chi connectivity index (χ0) is 26.7. The lowest BCUT2D eigenvalue weighted by Gasteiger charge is -2.42. The first-order chi connectivity index (χ1) is 17.8. The molecule has 8 heteroatoms. The number of hydrogen-bond donors (Lipinski definition) is 2. The molecule has 8 nitrogen and oxygen atoms in total. The Morgan fingerprint density at radius 1 is 0.649 bits per heavy atom. The fourth-order valence-corrected chi connectivity index (χ4v) is 5.80. The second kappa shape index (κ2) is 11.7. The van der Waals surface area contributed by atoms with E-state index in [1.165, 1.54) is 19.6 Å². The van der Waals surface area contributed by atoms with Crippen LogP contribution in [0.4, 0.5) is 0 Å². The van der Waals surface area contributed by atoms with Crippen LogP contribution >= 0.6 is 0 Å². The Kier molecular flexibility index (Phi) is 8.60. The van der Waals surface area contributed by atoms with Gasteiger partial charge in [0.05, 0.1) is 58.7 Å². The molecule has 0 saturated heterocycles. The highest BCUT2D eigenvalue weighted by molar-refractivity contribution is 6.18. The van der Waals surface area contributed by atoms with Gasteiger partial charge in [-0.1, -0.05) is 51.0 Å². The van der Waals surface area contributed by atoms with Crippen LogP contribution in [0.2, 0.25) is 0 Å². The van der Waals surface area contributed by atoms with Crippen LogP contribution in [-0.4, -0.2) is 86.8 Å². The zero-order valence-electron chi connectivity index (χ0n) is 22.8. The molecule has 2 heterocycles. The number of unbranched alkanes of at least 4 members (excludes halogenated alkanes) is 2. The van der Waals surface area contributed by atoms with Crippen LogP contribution < -0.4 is 9.80 Å². The molecule has 0 saturated carbocycles. The molecule has 2 aliphatic carbocycles. The molecule has 0 aromatic carbocycles. The van der Waals surface area contributed by atoms with Gasteiger partial charge in [-0.15, -0.1) is 0 Å². The van der Waals surface area contributed by atoms with Gasteiger partial charge < -0.3 is 9.80 Å². The molecule has 0 spiro atoms. The van der Waals surface area contributed by atoms with E-state index in [2.05, 4.69) is 27.9 Å². The van der Waals surface area contributed by atoms with Gasteiger partial charge in [0.1, 0.15) is 0 Å². The molecule has 2 aliphatic heterocycles. The summed E-state index contributed by atoms with van der Waals surface area (Å²) in [6.07, 6.45) is 12.2. The molecule has 4 amide bonds. The number of imide groups is 2. The topological polar surface area (TPSA) is 83.6 Å². The van der Waals surface area contributed by atoms with E-state index >= 15 is 0 Å². The molecule has 4 rings (SSSR count). The van der Waals surface area contributed by atoms with E-state index in [0.29, 0.717) is 41.9 Å². The Labute approximate surface area is 220 Å². The zero-order valence-corrected chi connectivity index (χ0v) is 22.8. The van der Waals surface area contributed by atoms with Crippen molar-refractivity contribution in [2.75, 3.05) is 53.4 Å². The lowest BCUT2D eigenvalue weighted by molar-refractivity contribution is -0.880. The Morgan fingerprint density at radius 2 is 1.08 bits per heavy atom. The fourth-order valence-electron chi connectivity index (χ4n) is 5.80. The largest absolute Gasteiger partial charge is 0.337 e. The van der Waals surface area contributed by atoms with Crippen LogP contribution in [0.15, 0.2) is 46.6 Å². The molecule has 0 bridgehead atoms. The number of amides is 4. The minimum absolute atomic E-state index is 0.254. The van der Waals surface area contributed by atoms with E-state index in [9.17, 15) is 19.2 Å². The van der Waals surface area contributed by atoms with E-state index in [1.807, 2.05) is 0 Å². The normalized spacial score (nSPS) is 24.3. The van der Waals surface area contributed by atoms with Crippen LogP contribution in [0.25, 0.3) is 0 Å². The first-order valence-electron chi connectivity index (χ1n) is 14.0. The van der Waals surface area contributed by atoms with Crippen molar-refractivity contribution in [2.45, 2.75) is 46.0 Å². The van der Waals surface area contributed by atoms with Gasteiger partial charge in [-0.05, 0) is 24.0 Å². The number of hydrogen-bond acceptors (Lipinski definition) is 4. The molecular formula is C29H42N4O4+2. The van der Waals surface area contributed by atoms with E-state index in [1.54, 1.807) is 24.3 Å². The molecule has 0 radical (unpaired) electrons. The van der Waals surface area contributed by atoms with E-state index in [4.69, 9.17) is 0 Å². The number of likely N-dealkylation sites (N-methyl/N-ethyl adjacent to an activating group) is 1. The van der Waals surface area contributed by atoms with Gasteiger partial charge in [-0.25, -0.2) is 0 Å². The summed E-state index contributed by atoms with van der Waals surface area (Å²) in [6.45, 7) is 8.72. The number of carbonyl (C=O) groups is 4. The predicted octanol–water partition coefficient (Wildman–Crippen LogP) is -0.291. The van der Waals surface area contributed by atoms with Gasteiger partial charge in [0.2, 0.25) is 11.8 Å². The maximum absolute atomic E-state index is 13.4. The number of rotatable bonds is 13. The second-order valence-electron chi connectivity index (χ2n) is 10.9. The van der Waals surface area contributed by atoms with Crippen LogP contribution in [-0.2, 0) is 19.2 Å². The van der Waals surface area contributed by atoms with Crippen molar-refractivity contribution >= 4 is 23.6 Å². The van der Waals surface area contributed by atoms with Gasteiger partial charge in [0.25, 0.3) is 11.8 Å². The minimum atomic E-state index is -0.627. The number of quaternary nitrogens is 2. The third-order valence-electron chi connectivity index (χ3n) is 8.08. The maximum atomic E-state index is 13.4. The Bertz CT molecular complexity index is 1090. The molecule has 0 aromatic heterocycles. The maximum Gasteiger partial charge on any atom is 0.261 e. The summed E-state index contributed by atoms with van der Waals surface area (Å²) in [5.74, 6) is -2.40. The van der Waals surface area contributed by atoms with E-state index < -0.39 is 11.8 Å². The van der Waals surface area contributed by atoms with Crippen LogP contribution in [0.5, 0.6) is 0 Å². The standard InChI is InChI=1S/C29H40N4O4/c1-5-7-14-30(3)16-9-17-32-26(34)20-10-12-22-25-23(13-11-21(24(20)25)27(32)35)29(37)33(28(22)36)19-18-31(4)15-8-6-2/h10-13,20,23H,5-9,14-19H2,1-4H3/p+2. The molecule has 0 fully saturated rings. The third-order valence-corrected chi connectivity index (χ3v) is 8.08. The highest BCUT2D eigenvalue weighted by Crippen LogP contribution is 2.46. The average molecular weight is 511 g/mol. The molecule has 200 valence electrons. The van der Waals surface area contributed by atoms with Crippen LogP contribution in [0.1, 0.15) is 46.0 Å². The number of carbonyl (C=O) groups excluding carboxylic acids is 4. The minimum Gasteiger partial charge on any atom is -0.337 e. The molecule has 2 N–H and O–H groups in total. The smallest absolute Gasteiger partial charge is 0.261 e. The average Bonchev–Trinajstić information content (AvgIpc) is 2.89. The van der Waals surface area contributed by atoms with Crippen molar-refractivity contribution in [2.24, 2.45) is 11.8 Å². The summed E-state index contributed by atoms with van der Waals surface area (Å²) < 4.78 is 0. The lowest BCUT2D eigenvalue weighted by Crippen LogP contribution is -3.09. The van der Waals surface area contributed by atoms with Crippen molar-refractivity contribution in [3.8, 4) is 0 Å². The van der Waals surface area contributed by atoms with Crippen molar-refractivity contribution in [1.82, 2.24) is 9.80 Å². The monoisotopic (exact) mass is 510 g/mol. The Hall–Kier alpha value is -2.84. The van der Waals surface area contributed by atoms with E-state index in [-0.39, 0.29) is 23.6 Å². The van der Waals surface area contributed by atoms with Gasteiger partial charge in [-0.3, -0.25) is 29.0 Å². The summed E-state index contributed by atoms with van der Waals surface area (Å²) in [7, 11) is 4.22. The molecule has 4 atom stereocenters. The van der Waals surface area contributed by atoms with Crippen LogP contribution in [0, 0.1) is 11.8 Å². The van der Waals surface area contributed by atoms with Gasteiger partial charge in [0.15, 0.2) is 0 Å². The first kappa shape index (κ1) is 27.2. The molecule has 0 aromatic rings. The molecule has 37 heavy (non-hydrogen) atoms. The first-order valence-corrected chi connectivity index (χ1v) is 14.0. The number of nitrogens with zero attached hydrogens (tertiary/aromatic N) is 2. The summed E-state index contributed by atoms with van der Waals surface area (Å²) in [5, 5.41) is 0. The number of nitrogens with one attached hydrogen (secondary N) is 2. The molecular weight excluding hydrogens is 468 g/mol. The summed E-state index contributed by atoms with van der Waals surface area (Å²) in [6, 6.07) is 0. The van der Waals surface area contributed by atoms with Gasteiger partial charge in [0, 0.05) is 24.1 Å². The SMILES string of the molecule is CCCC[NH+](C)CCCN1C(=O)C2=C3C4=C(C=CC3C1=O)C(=O)N(CC[NH+](C)CCCC)C(=O)C4C=C2. The Balaban J connectivity index is 1.53. The van der Waals surface area contributed by atoms with E-state index in [0.717, 1.165) is 51.7 Å². The highest BCUT2D eigenvalue weighted by Gasteiger charge is 2.50. The fraction of sp³-hybridized carbons (Fsp3) is 0.586. The summed E-state index contributed by atoms with van der Waals surface area (Å²) >= 11 is 0. The quantitative estimate of drug-likeness (QED) is 0.334. The second-order valence-corrected chi connectivity index (χ2v) is 10.9. The Morgan fingerprint density at radius 3 is 1.57 bits per heavy atom. The van der Waals surface area contributed by atoms with Crippen molar-refractivity contribution < 1.29 is 29.0 Å². The van der Waals surface area contributed by atoms with Crippen molar-refractivity contribution in [1.29, 1.82) is 0 Å². The third kappa shape index (κ3) is 5.27. The van der Waals surface area contributed by atoms with Crippen LogP contribution in [0.3, 0.4) is 0 Å². The predicted molar refractivity (Wildman–Crippen MR) is 140 cm³/mol. The highest BCUT2D eigenvalue weighted by atomic mass is 16.2. The van der Waals surface area contributed by atoms with Crippen molar-refractivity contribution in [3.05, 3.63) is 46.6 Å². The van der Waals surface area contributed by atoms with Gasteiger partial charge >= 0.3 is 0 Å².